The van der Waals surface area contributed by atoms with Crippen LogP contribution in [0.3, 0.4) is 0 Å². The summed E-state index contributed by atoms with van der Waals surface area (Å²) in [5, 5.41) is 3.07. The molecule has 3 aliphatic rings. The predicted molar refractivity (Wildman–Crippen MR) is 115 cm³/mol. The summed E-state index contributed by atoms with van der Waals surface area (Å²) in [5.41, 5.74) is 4.40. The number of carbonyl (C=O) groups is 1. The molecule has 0 radical (unpaired) electrons. The van der Waals surface area contributed by atoms with Gasteiger partial charge in [0.15, 0.2) is 0 Å². The number of carbonyl (C=O) groups excluding carboxylic acids is 1. The van der Waals surface area contributed by atoms with Gasteiger partial charge in [-0.05, 0) is 63.8 Å². The molecule has 1 N–H and O–H groups in total. The van der Waals surface area contributed by atoms with E-state index in [-0.39, 0.29) is 11.4 Å². The number of nitrogens with zero attached hydrogens (tertiary/aromatic N) is 3. The van der Waals surface area contributed by atoms with E-state index in [4.69, 9.17) is 0 Å². The molecule has 1 atom stereocenters. The average molecular weight is 385 g/mol. The van der Waals surface area contributed by atoms with Crippen molar-refractivity contribution in [1.29, 1.82) is 0 Å². The third kappa shape index (κ3) is 3.79. The first-order valence-electron chi connectivity index (χ1n) is 11.0. The first kappa shape index (κ1) is 19.7. The first-order chi connectivity index (χ1) is 13.5. The fourth-order valence-electron chi connectivity index (χ4n) is 5.49. The zero-order valence-corrected chi connectivity index (χ0v) is 17.8. The lowest BCUT2D eigenvalue weighted by Crippen LogP contribution is -2.63. The molecule has 5 nitrogen and oxygen atoms in total. The maximum absolute atomic E-state index is 11.9. The zero-order chi connectivity index (χ0) is 19.7. The van der Waals surface area contributed by atoms with Crippen molar-refractivity contribution in [1.82, 2.24) is 15.1 Å². The number of piperidine rings is 1. The second-order valence-electron chi connectivity index (χ2n) is 9.15. The van der Waals surface area contributed by atoms with E-state index in [0.717, 1.165) is 52.1 Å². The Balaban J connectivity index is 1.40. The van der Waals surface area contributed by atoms with Crippen LogP contribution in [0.15, 0.2) is 18.2 Å². The topological polar surface area (TPSA) is 38.8 Å². The summed E-state index contributed by atoms with van der Waals surface area (Å²) in [7, 11) is 2.26. The Labute approximate surface area is 170 Å². The summed E-state index contributed by atoms with van der Waals surface area (Å²) in [5.74, 6) is 0.226. The molecule has 3 aliphatic heterocycles. The van der Waals surface area contributed by atoms with Crippen LogP contribution in [0.25, 0.3) is 0 Å². The van der Waals surface area contributed by atoms with E-state index in [0.29, 0.717) is 12.5 Å². The normalized spacial score (nSPS) is 28.4. The summed E-state index contributed by atoms with van der Waals surface area (Å²) in [6, 6.07) is 7.36. The van der Waals surface area contributed by atoms with Crippen LogP contribution >= 0.6 is 0 Å². The Kier molecular flexibility index (Phi) is 5.66. The molecule has 154 valence electrons. The van der Waals surface area contributed by atoms with Gasteiger partial charge in [0.25, 0.3) is 0 Å². The lowest BCUT2D eigenvalue weighted by Gasteiger charge is -2.52. The molecular weight excluding hydrogens is 348 g/mol. The fourth-order valence-corrected chi connectivity index (χ4v) is 5.49. The standard InChI is InChI=1S/C23H36N4O/c1-18-5-4-6-21(19(18)2)26-13-8-20(9-14-26)27-16-15-25(3)23(17-27)10-7-22(28)24-12-11-23/h4-6,20H,7-17H2,1-3H3,(H,24,28). The van der Waals surface area contributed by atoms with E-state index in [1.807, 2.05) is 0 Å². The van der Waals surface area contributed by atoms with Crippen LogP contribution in [0, 0.1) is 13.8 Å². The maximum atomic E-state index is 11.9. The van der Waals surface area contributed by atoms with Crippen molar-refractivity contribution in [3.63, 3.8) is 0 Å². The Morgan fingerprint density at radius 2 is 1.86 bits per heavy atom. The first-order valence-corrected chi connectivity index (χ1v) is 11.0. The number of hydrogen-bond donors (Lipinski definition) is 1. The number of amides is 1. The van der Waals surface area contributed by atoms with Gasteiger partial charge in [0, 0.05) is 63.0 Å². The smallest absolute Gasteiger partial charge is 0.220 e. The second-order valence-corrected chi connectivity index (χ2v) is 9.15. The van der Waals surface area contributed by atoms with Crippen molar-refractivity contribution in [3.8, 4) is 0 Å². The van der Waals surface area contributed by atoms with Crippen molar-refractivity contribution in [2.24, 2.45) is 0 Å². The summed E-state index contributed by atoms with van der Waals surface area (Å²) < 4.78 is 0. The van der Waals surface area contributed by atoms with Crippen LogP contribution in [-0.4, -0.2) is 73.6 Å². The number of likely N-dealkylation sites (N-methyl/N-ethyl adjacent to an activating group) is 1. The van der Waals surface area contributed by atoms with Crippen LogP contribution in [0.2, 0.25) is 0 Å². The van der Waals surface area contributed by atoms with Crippen molar-refractivity contribution in [2.75, 3.05) is 51.2 Å². The highest BCUT2D eigenvalue weighted by Gasteiger charge is 2.42. The van der Waals surface area contributed by atoms with Crippen LogP contribution in [0.4, 0.5) is 5.69 Å². The van der Waals surface area contributed by atoms with Gasteiger partial charge in [0.2, 0.25) is 5.91 Å². The third-order valence-electron chi connectivity index (χ3n) is 7.66. The largest absolute Gasteiger partial charge is 0.371 e. The molecule has 0 aliphatic carbocycles. The van der Waals surface area contributed by atoms with Crippen LogP contribution < -0.4 is 10.2 Å². The Morgan fingerprint density at radius 3 is 2.64 bits per heavy atom. The number of piperazine rings is 1. The van der Waals surface area contributed by atoms with Gasteiger partial charge in [-0.2, -0.15) is 0 Å². The van der Waals surface area contributed by atoms with Crippen molar-refractivity contribution in [2.45, 2.75) is 57.5 Å². The summed E-state index contributed by atoms with van der Waals surface area (Å²) in [6.45, 7) is 11.0. The van der Waals surface area contributed by atoms with Crippen molar-refractivity contribution < 1.29 is 4.79 Å². The van der Waals surface area contributed by atoms with E-state index in [9.17, 15) is 4.79 Å². The van der Waals surface area contributed by atoms with Crippen molar-refractivity contribution >= 4 is 11.6 Å². The van der Waals surface area contributed by atoms with Gasteiger partial charge in [0.1, 0.15) is 0 Å². The summed E-state index contributed by atoms with van der Waals surface area (Å²) >= 11 is 0. The number of anilines is 1. The predicted octanol–water partition coefficient (Wildman–Crippen LogP) is 2.56. The van der Waals surface area contributed by atoms with Gasteiger partial charge in [0.05, 0.1) is 0 Å². The molecule has 1 amide bonds. The molecule has 1 aromatic rings. The van der Waals surface area contributed by atoms with Gasteiger partial charge >= 0.3 is 0 Å². The van der Waals surface area contributed by atoms with Gasteiger partial charge in [-0.15, -0.1) is 0 Å². The number of nitrogens with one attached hydrogen (secondary N) is 1. The molecule has 28 heavy (non-hydrogen) atoms. The van der Waals surface area contributed by atoms with Crippen LogP contribution in [0.5, 0.6) is 0 Å². The van der Waals surface area contributed by atoms with E-state index in [1.165, 1.54) is 29.7 Å². The minimum Gasteiger partial charge on any atom is -0.371 e. The molecule has 3 heterocycles. The monoisotopic (exact) mass is 384 g/mol. The summed E-state index contributed by atoms with van der Waals surface area (Å²) in [6.07, 6.45) is 5.22. The SMILES string of the molecule is Cc1cccc(N2CCC(N3CCN(C)C4(CCNC(=O)CC4)C3)CC2)c1C. The molecule has 3 saturated heterocycles. The van der Waals surface area contributed by atoms with E-state index >= 15 is 0 Å². The Morgan fingerprint density at radius 1 is 1.07 bits per heavy atom. The highest BCUT2D eigenvalue weighted by molar-refractivity contribution is 5.76. The van der Waals surface area contributed by atoms with E-state index < -0.39 is 0 Å². The van der Waals surface area contributed by atoms with E-state index in [2.05, 4.69) is 59.1 Å². The highest BCUT2D eigenvalue weighted by atomic mass is 16.1. The van der Waals surface area contributed by atoms with Crippen LogP contribution in [0.1, 0.15) is 43.2 Å². The molecular formula is C23H36N4O. The lowest BCUT2D eigenvalue weighted by molar-refractivity contribution is -0.121. The molecule has 0 saturated carbocycles. The van der Waals surface area contributed by atoms with Gasteiger partial charge in [-0.25, -0.2) is 0 Å². The Hall–Kier alpha value is -1.59. The molecule has 1 aromatic carbocycles. The highest BCUT2D eigenvalue weighted by Crippen LogP contribution is 2.33. The summed E-state index contributed by atoms with van der Waals surface area (Å²) in [4.78, 5) is 19.7. The van der Waals surface area contributed by atoms with E-state index in [1.54, 1.807) is 0 Å². The minimum atomic E-state index is 0.168. The van der Waals surface area contributed by atoms with Crippen molar-refractivity contribution in [3.05, 3.63) is 29.3 Å². The van der Waals surface area contributed by atoms with Crippen LogP contribution in [-0.2, 0) is 4.79 Å². The number of benzene rings is 1. The van der Waals surface area contributed by atoms with Gasteiger partial charge < -0.3 is 10.2 Å². The molecule has 1 unspecified atom stereocenters. The molecule has 0 aromatic heterocycles. The molecule has 1 spiro atoms. The minimum absolute atomic E-state index is 0.168. The quantitative estimate of drug-likeness (QED) is 0.851. The Bertz CT molecular complexity index is 713. The number of hydrogen-bond acceptors (Lipinski definition) is 4. The van der Waals surface area contributed by atoms with Gasteiger partial charge in [-0.3, -0.25) is 14.6 Å². The number of aryl methyl sites for hydroxylation is 1. The fraction of sp³-hybridized carbons (Fsp3) is 0.696. The molecule has 3 fully saturated rings. The van der Waals surface area contributed by atoms with Gasteiger partial charge in [-0.1, -0.05) is 12.1 Å². The molecule has 4 rings (SSSR count). The lowest BCUT2D eigenvalue weighted by atomic mass is 9.85. The molecule has 5 heteroatoms. The zero-order valence-electron chi connectivity index (χ0n) is 17.8. The third-order valence-corrected chi connectivity index (χ3v) is 7.66. The number of rotatable bonds is 2. The molecule has 0 bridgehead atoms. The maximum Gasteiger partial charge on any atom is 0.220 e. The average Bonchev–Trinajstić information content (AvgIpc) is 2.89. The second kappa shape index (κ2) is 8.03.